The van der Waals surface area contributed by atoms with Crippen LogP contribution in [0.3, 0.4) is 0 Å². The highest BCUT2D eigenvalue weighted by Gasteiger charge is 2.45. The fourth-order valence-corrected chi connectivity index (χ4v) is 11.2. The Bertz CT molecular complexity index is 3270. The van der Waals surface area contributed by atoms with Crippen LogP contribution in [0.1, 0.15) is 79.0 Å². The highest BCUT2D eigenvalue weighted by molar-refractivity contribution is 7.33. The minimum Gasteiger partial charge on any atom is -0.457 e. The van der Waals surface area contributed by atoms with E-state index >= 15 is 0 Å². The standard InChI is InChI=1S/C58H52BNOS/c1-56(2,3)37-27-29-51-45(30-37)54-55(62-51)59-46-28-26-38(57(4,5)6)31-48(46)60(49-32-39(58(7,8)9)33-50(61-54)53(49)59)47-25-17-24-42-44(47)34-43-40(35-18-12-10-13-19-35)22-16-23-41(43)52(42)36-20-14-11-15-21-36/h10-34H,1-9H3. The first-order valence-electron chi connectivity index (χ1n) is 22.1. The molecule has 2 aliphatic rings. The zero-order valence-corrected chi connectivity index (χ0v) is 38.1. The van der Waals surface area contributed by atoms with Gasteiger partial charge in [-0.2, -0.15) is 0 Å². The summed E-state index contributed by atoms with van der Waals surface area (Å²) in [7, 11) is 0. The molecule has 2 aliphatic heterocycles. The van der Waals surface area contributed by atoms with E-state index in [-0.39, 0.29) is 23.0 Å². The van der Waals surface area contributed by atoms with Crippen LogP contribution in [0.4, 0.5) is 17.1 Å². The molecule has 11 rings (SSSR count). The van der Waals surface area contributed by atoms with Gasteiger partial charge in [0.25, 0.3) is 6.71 Å². The van der Waals surface area contributed by atoms with Gasteiger partial charge in [-0.25, -0.2) is 0 Å². The maximum absolute atomic E-state index is 7.33. The van der Waals surface area contributed by atoms with Gasteiger partial charge in [-0.1, -0.05) is 172 Å². The molecule has 0 spiro atoms. The lowest BCUT2D eigenvalue weighted by molar-refractivity contribution is 0.490. The zero-order valence-electron chi connectivity index (χ0n) is 37.3. The van der Waals surface area contributed by atoms with Crippen LogP contribution in [-0.4, -0.2) is 6.71 Å². The molecule has 2 nitrogen and oxygen atoms in total. The quantitative estimate of drug-likeness (QED) is 0.130. The number of hydrogen-bond acceptors (Lipinski definition) is 3. The number of fused-ring (bicyclic) bond motifs is 8. The van der Waals surface area contributed by atoms with Crippen molar-refractivity contribution < 1.29 is 4.74 Å². The fourth-order valence-electron chi connectivity index (χ4n) is 9.97. The second kappa shape index (κ2) is 13.7. The van der Waals surface area contributed by atoms with E-state index in [0.717, 1.165) is 11.5 Å². The summed E-state index contributed by atoms with van der Waals surface area (Å²) in [6.45, 7) is 20.9. The number of ether oxygens (including phenoxy) is 1. The first-order chi connectivity index (χ1) is 29.6. The largest absolute Gasteiger partial charge is 0.457 e. The summed E-state index contributed by atoms with van der Waals surface area (Å²) in [5, 5.41) is 6.17. The topological polar surface area (TPSA) is 12.5 Å². The molecule has 0 N–H and O–H groups in total. The molecule has 4 heteroatoms. The lowest BCUT2D eigenvalue weighted by Gasteiger charge is -2.41. The van der Waals surface area contributed by atoms with Gasteiger partial charge in [0, 0.05) is 31.6 Å². The number of hydrogen-bond donors (Lipinski definition) is 0. The van der Waals surface area contributed by atoms with Gasteiger partial charge in [-0.15, -0.1) is 11.3 Å². The smallest absolute Gasteiger partial charge is 0.268 e. The van der Waals surface area contributed by atoms with E-state index in [0.29, 0.717) is 0 Å². The van der Waals surface area contributed by atoms with E-state index in [2.05, 4.69) is 219 Å². The highest BCUT2D eigenvalue weighted by Crippen LogP contribution is 2.50. The normalized spacial score (nSPS) is 13.6. The number of anilines is 3. The minimum atomic E-state index is -0.125. The molecule has 0 amide bonds. The maximum atomic E-state index is 7.33. The average Bonchev–Trinajstić information content (AvgIpc) is 3.62. The van der Waals surface area contributed by atoms with Crippen LogP contribution < -0.4 is 25.3 Å². The molecule has 0 saturated heterocycles. The Hall–Kier alpha value is -6.10. The van der Waals surface area contributed by atoms with Gasteiger partial charge in [0.1, 0.15) is 11.5 Å². The van der Waals surface area contributed by atoms with Crippen LogP contribution in [0.15, 0.2) is 152 Å². The van der Waals surface area contributed by atoms with Crippen molar-refractivity contribution in [3.05, 3.63) is 168 Å². The number of benzene rings is 8. The second-order valence-electron chi connectivity index (χ2n) is 20.6. The first kappa shape index (κ1) is 38.8. The third kappa shape index (κ3) is 6.05. The molecule has 304 valence electrons. The zero-order chi connectivity index (χ0) is 42.9. The molecule has 0 fully saturated rings. The molecular weight excluding hydrogens is 770 g/mol. The molecule has 0 atom stereocenters. The lowest BCUT2D eigenvalue weighted by atomic mass is 9.36. The Morgan fingerprint density at radius 3 is 1.77 bits per heavy atom. The van der Waals surface area contributed by atoms with Crippen LogP contribution in [0.2, 0.25) is 0 Å². The van der Waals surface area contributed by atoms with Crippen molar-refractivity contribution in [2.45, 2.75) is 78.6 Å². The van der Waals surface area contributed by atoms with Gasteiger partial charge in [0.15, 0.2) is 0 Å². The van der Waals surface area contributed by atoms with Gasteiger partial charge in [-0.3, -0.25) is 0 Å². The van der Waals surface area contributed by atoms with Gasteiger partial charge in [0.05, 0.1) is 5.69 Å². The first-order valence-corrected chi connectivity index (χ1v) is 22.9. The van der Waals surface area contributed by atoms with E-state index in [1.54, 1.807) is 0 Å². The Morgan fingerprint density at radius 1 is 0.468 bits per heavy atom. The van der Waals surface area contributed by atoms with E-state index in [1.807, 2.05) is 11.3 Å². The van der Waals surface area contributed by atoms with E-state index in [4.69, 9.17) is 4.74 Å². The summed E-state index contributed by atoms with van der Waals surface area (Å²) in [6, 6.07) is 57.2. The second-order valence-corrected chi connectivity index (χ2v) is 21.6. The van der Waals surface area contributed by atoms with Crippen molar-refractivity contribution in [2.75, 3.05) is 4.90 Å². The molecule has 9 aromatic rings. The molecule has 0 radical (unpaired) electrons. The van der Waals surface area contributed by atoms with Crippen molar-refractivity contribution in [3.63, 3.8) is 0 Å². The van der Waals surface area contributed by atoms with Crippen molar-refractivity contribution >= 4 is 82.4 Å². The maximum Gasteiger partial charge on any atom is 0.268 e. The van der Waals surface area contributed by atoms with Crippen LogP contribution >= 0.6 is 11.3 Å². The highest BCUT2D eigenvalue weighted by atomic mass is 32.1. The molecule has 62 heavy (non-hydrogen) atoms. The Kier molecular flexibility index (Phi) is 8.57. The summed E-state index contributed by atoms with van der Waals surface area (Å²) < 4.78 is 9.89. The Morgan fingerprint density at radius 2 is 1.08 bits per heavy atom. The molecule has 0 bridgehead atoms. The van der Waals surface area contributed by atoms with Crippen LogP contribution in [0.5, 0.6) is 11.5 Å². The predicted octanol–water partition coefficient (Wildman–Crippen LogP) is 14.8. The van der Waals surface area contributed by atoms with Gasteiger partial charge in [0.2, 0.25) is 0 Å². The van der Waals surface area contributed by atoms with Crippen molar-refractivity contribution in [1.82, 2.24) is 0 Å². The van der Waals surface area contributed by atoms with Crippen molar-refractivity contribution in [3.8, 4) is 33.8 Å². The number of thiophene rings is 1. The van der Waals surface area contributed by atoms with Crippen molar-refractivity contribution in [1.29, 1.82) is 0 Å². The molecule has 1 aromatic heterocycles. The lowest BCUT2D eigenvalue weighted by Crippen LogP contribution is -2.58. The SMILES string of the molecule is CC(C)(C)c1ccc2c(c1)N(c1cccc3c(-c4ccccc4)c4cccc(-c5ccccc5)c4cc13)c1cc(C(C)(C)C)cc3c1B2c1sc2ccc(C(C)(C)C)cc2c1O3. The molecule has 0 saturated carbocycles. The molecule has 8 aromatic carbocycles. The minimum absolute atomic E-state index is 0.0221. The molecule has 3 heterocycles. The summed E-state index contributed by atoms with van der Waals surface area (Å²) >= 11 is 1.90. The molecule has 0 aliphatic carbocycles. The van der Waals surface area contributed by atoms with Crippen LogP contribution in [0.25, 0.3) is 53.9 Å². The van der Waals surface area contributed by atoms with Crippen molar-refractivity contribution in [2.24, 2.45) is 0 Å². The molecular formula is C58H52BNOS. The number of nitrogens with zero attached hydrogens (tertiary/aromatic N) is 1. The summed E-state index contributed by atoms with van der Waals surface area (Å²) in [5.74, 6) is 1.98. The van der Waals surface area contributed by atoms with Gasteiger partial charge in [-0.05, 0) is 125 Å². The Balaban J connectivity index is 1.26. The van der Waals surface area contributed by atoms with Gasteiger partial charge < -0.3 is 9.64 Å². The van der Waals surface area contributed by atoms with Crippen LogP contribution in [-0.2, 0) is 16.2 Å². The number of rotatable bonds is 3. The van der Waals surface area contributed by atoms with Gasteiger partial charge >= 0.3 is 0 Å². The van der Waals surface area contributed by atoms with Crippen LogP contribution in [0, 0.1) is 0 Å². The molecule has 0 unspecified atom stereocenters. The fraction of sp³-hybridized carbons (Fsp3) is 0.207. The van der Waals surface area contributed by atoms with E-state index < -0.39 is 0 Å². The third-order valence-electron chi connectivity index (χ3n) is 13.4. The average molecular weight is 822 g/mol. The third-order valence-corrected chi connectivity index (χ3v) is 14.6. The monoisotopic (exact) mass is 821 g/mol. The predicted molar refractivity (Wildman–Crippen MR) is 270 cm³/mol. The summed E-state index contributed by atoms with van der Waals surface area (Å²) in [5.41, 5.74) is 14.8. The van der Waals surface area contributed by atoms with E-state index in [9.17, 15) is 0 Å². The Labute approximate surface area is 370 Å². The summed E-state index contributed by atoms with van der Waals surface area (Å²) in [4.78, 5) is 2.60. The van der Waals surface area contributed by atoms with E-state index in [1.165, 1.54) is 103 Å². The summed E-state index contributed by atoms with van der Waals surface area (Å²) in [6.07, 6.45) is 0.